The molecule has 0 aliphatic carbocycles. The van der Waals surface area contributed by atoms with Gasteiger partial charge in [-0.1, -0.05) is 6.07 Å². The van der Waals surface area contributed by atoms with Crippen LogP contribution in [0, 0.1) is 0 Å². The average Bonchev–Trinajstić information content (AvgIpc) is 3.15. The van der Waals surface area contributed by atoms with Gasteiger partial charge in [0.2, 0.25) is 0 Å². The summed E-state index contributed by atoms with van der Waals surface area (Å²) in [6.45, 7) is 1.09. The number of anilines is 1. The summed E-state index contributed by atoms with van der Waals surface area (Å²) < 4.78 is 31.5. The van der Waals surface area contributed by atoms with Gasteiger partial charge in [0.1, 0.15) is 23.6 Å². The van der Waals surface area contributed by atoms with Crippen molar-refractivity contribution in [1.29, 1.82) is 0 Å². The highest BCUT2D eigenvalue weighted by molar-refractivity contribution is 7.90. The fourth-order valence-corrected chi connectivity index (χ4v) is 3.69. The summed E-state index contributed by atoms with van der Waals surface area (Å²) in [4.78, 5) is 17.4. The number of ether oxygens (including phenoxy) is 1. The normalized spacial score (nSPS) is 14.7. The van der Waals surface area contributed by atoms with Gasteiger partial charge in [-0.15, -0.1) is 10.2 Å². The standard InChI is InChI=1S/C19H19N5O4S/c1-29(26,27)13-7-8-16-14(11-13)19(25)22-17-6-4-5-15(21-17)18-23-20-12-24(18)9-2-3-10-28-16/h4-8,11-12H,2-3,9-10H2,1H3,(H,21,22,25). The number of benzene rings is 1. The third-order valence-corrected chi connectivity index (χ3v) is 5.62. The monoisotopic (exact) mass is 413 g/mol. The number of pyridine rings is 1. The van der Waals surface area contributed by atoms with Gasteiger partial charge in [-0.2, -0.15) is 0 Å². The third kappa shape index (κ3) is 4.11. The van der Waals surface area contributed by atoms with E-state index in [4.69, 9.17) is 4.74 Å². The third-order valence-electron chi connectivity index (χ3n) is 4.51. The molecule has 0 spiro atoms. The zero-order chi connectivity index (χ0) is 20.4. The molecule has 0 radical (unpaired) electrons. The van der Waals surface area contributed by atoms with Crippen molar-refractivity contribution in [2.75, 3.05) is 18.2 Å². The maximum absolute atomic E-state index is 12.9. The minimum atomic E-state index is -3.47. The molecule has 10 heteroatoms. The van der Waals surface area contributed by atoms with Gasteiger partial charge in [0, 0.05) is 12.8 Å². The number of amides is 1. The van der Waals surface area contributed by atoms with E-state index in [0.717, 1.165) is 19.1 Å². The van der Waals surface area contributed by atoms with E-state index in [9.17, 15) is 13.2 Å². The molecule has 9 nitrogen and oxygen atoms in total. The number of rotatable bonds is 1. The molecular formula is C19H19N5O4S. The predicted octanol–water partition coefficient (Wildman–Crippen LogP) is 2.17. The lowest BCUT2D eigenvalue weighted by molar-refractivity contribution is 0.102. The molecule has 0 unspecified atom stereocenters. The second-order valence-corrected chi connectivity index (χ2v) is 8.71. The van der Waals surface area contributed by atoms with Crippen LogP contribution in [0.1, 0.15) is 23.2 Å². The number of nitrogens with one attached hydrogen (secondary N) is 1. The van der Waals surface area contributed by atoms with E-state index in [1.807, 2.05) is 4.57 Å². The van der Waals surface area contributed by atoms with Crippen LogP contribution in [0.4, 0.5) is 5.82 Å². The summed E-state index contributed by atoms with van der Waals surface area (Å²) in [5.74, 6) is 0.746. The molecule has 0 atom stereocenters. The number of fused-ring (bicyclic) bond motifs is 5. The summed E-state index contributed by atoms with van der Waals surface area (Å²) in [6.07, 6.45) is 4.29. The van der Waals surface area contributed by atoms with Crippen molar-refractivity contribution in [2.45, 2.75) is 24.3 Å². The molecule has 3 aromatic rings. The summed E-state index contributed by atoms with van der Waals surface area (Å²) >= 11 is 0. The van der Waals surface area contributed by atoms with Gasteiger partial charge in [0.05, 0.1) is 17.1 Å². The Balaban J connectivity index is 1.76. The van der Waals surface area contributed by atoms with E-state index in [2.05, 4.69) is 20.5 Å². The first-order chi connectivity index (χ1) is 13.9. The van der Waals surface area contributed by atoms with E-state index in [-0.39, 0.29) is 10.5 Å². The van der Waals surface area contributed by atoms with Gasteiger partial charge in [0.25, 0.3) is 5.91 Å². The number of hydrogen-bond donors (Lipinski definition) is 1. The van der Waals surface area contributed by atoms with Gasteiger partial charge in [-0.3, -0.25) is 4.79 Å². The molecule has 0 saturated heterocycles. The Kier molecular flexibility index (Phi) is 5.01. The van der Waals surface area contributed by atoms with Crippen LogP contribution in [0.5, 0.6) is 5.75 Å². The lowest BCUT2D eigenvalue weighted by Crippen LogP contribution is -2.16. The Bertz CT molecular complexity index is 1170. The number of nitrogens with zero attached hydrogens (tertiary/aromatic N) is 4. The fraction of sp³-hybridized carbons (Fsp3) is 0.263. The van der Waals surface area contributed by atoms with Gasteiger partial charge in [-0.25, -0.2) is 13.4 Å². The van der Waals surface area contributed by atoms with Crippen molar-refractivity contribution in [3.63, 3.8) is 0 Å². The smallest absolute Gasteiger partial charge is 0.260 e. The molecule has 1 amide bonds. The Hall–Kier alpha value is -3.27. The Labute approximate surface area is 167 Å². The van der Waals surface area contributed by atoms with Crippen molar-refractivity contribution in [3.05, 3.63) is 48.3 Å². The molecule has 0 fully saturated rings. The molecule has 1 aliphatic heterocycles. The minimum absolute atomic E-state index is 0.0472. The molecule has 3 heterocycles. The van der Waals surface area contributed by atoms with Crippen molar-refractivity contribution in [1.82, 2.24) is 19.7 Å². The summed E-state index contributed by atoms with van der Waals surface area (Å²) in [6, 6.07) is 9.47. The van der Waals surface area contributed by atoms with Gasteiger partial charge < -0.3 is 14.6 Å². The fourth-order valence-electron chi connectivity index (χ4n) is 3.04. The molecule has 150 valence electrons. The molecule has 1 aromatic carbocycles. The van der Waals surface area contributed by atoms with Crippen LogP contribution in [0.2, 0.25) is 0 Å². The zero-order valence-corrected chi connectivity index (χ0v) is 16.5. The van der Waals surface area contributed by atoms with Crippen LogP contribution >= 0.6 is 0 Å². The van der Waals surface area contributed by atoms with Crippen LogP contribution in [-0.2, 0) is 16.4 Å². The van der Waals surface area contributed by atoms with E-state index in [0.29, 0.717) is 36.2 Å². The highest BCUT2D eigenvalue weighted by Gasteiger charge is 2.19. The van der Waals surface area contributed by atoms with E-state index < -0.39 is 15.7 Å². The first-order valence-electron chi connectivity index (χ1n) is 9.05. The first-order valence-corrected chi connectivity index (χ1v) is 10.9. The van der Waals surface area contributed by atoms with Crippen molar-refractivity contribution < 1.29 is 17.9 Å². The molecule has 0 saturated carbocycles. The second kappa shape index (κ2) is 7.63. The van der Waals surface area contributed by atoms with Crippen LogP contribution in [0.3, 0.4) is 0 Å². The predicted molar refractivity (Wildman–Crippen MR) is 105 cm³/mol. The maximum atomic E-state index is 12.9. The maximum Gasteiger partial charge on any atom is 0.260 e. The second-order valence-electron chi connectivity index (χ2n) is 6.70. The number of hydrogen-bond acceptors (Lipinski definition) is 7. The number of carbonyl (C=O) groups is 1. The average molecular weight is 413 g/mol. The van der Waals surface area contributed by atoms with Crippen LogP contribution < -0.4 is 10.1 Å². The van der Waals surface area contributed by atoms with Crippen molar-refractivity contribution >= 4 is 21.6 Å². The lowest BCUT2D eigenvalue weighted by Gasteiger charge is -2.14. The number of sulfone groups is 1. The van der Waals surface area contributed by atoms with E-state index in [1.54, 1.807) is 24.5 Å². The van der Waals surface area contributed by atoms with Crippen LogP contribution in [-0.4, -0.2) is 46.9 Å². The molecule has 4 rings (SSSR count). The Morgan fingerprint density at radius 1 is 1.17 bits per heavy atom. The first kappa shape index (κ1) is 19.1. The van der Waals surface area contributed by atoms with Crippen molar-refractivity contribution in [3.8, 4) is 17.3 Å². The van der Waals surface area contributed by atoms with E-state index >= 15 is 0 Å². The number of aryl methyl sites for hydroxylation is 1. The quantitative estimate of drug-likeness (QED) is 0.650. The molecular weight excluding hydrogens is 394 g/mol. The van der Waals surface area contributed by atoms with Crippen LogP contribution in [0.15, 0.2) is 47.6 Å². The summed E-state index contributed by atoms with van der Waals surface area (Å²) in [5.41, 5.74) is 0.721. The lowest BCUT2D eigenvalue weighted by atomic mass is 10.2. The minimum Gasteiger partial charge on any atom is -0.493 e. The van der Waals surface area contributed by atoms with Crippen molar-refractivity contribution in [2.24, 2.45) is 0 Å². The Morgan fingerprint density at radius 3 is 2.86 bits per heavy atom. The molecule has 2 bridgehead atoms. The van der Waals surface area contributed by atoms with Gasteiger partial charge >= 0.3 is 0 Å². The molecule has 1 N–H and O–H groups in total. The largest absolute Gasteiger partial charge is 0.493 e. The molecule has 2 aromatic heterocycles. The van der Waals surface area contributed by atoms with Gasteiger partial charge in [0.15, 0.2) is 15.7 Å². The number of carbonyl (C=O) groups excluding carboxylic acids is 1. The SMILES string of the molecule is CS(=O)(=O)c1ccc2c(c1)C(=O)Nc1cccc(n1)-c1nncn1CCCCO2. The zero-order valence-electron chi connectivity index (χ0n) is 15.7. The summed E-state index contributed by atoms with van der Waals surface area (Å²) in [5, 5.41) is 10.8. The summed E-state index contributed by atoms with van der Waals surface area (Å²) in [7, 11) is -3.47. The van der Waals surface area contributed by atoms with Gasteiger partial charge in [-0.05, 0) is 43.2 Å². The van der Waals surface area contributed by atoms with Crippen LogP contribution in [0.25, 0.3) is 11.5 Å². The number of aromatic nitrogens is 4. The Morgan fingerprint density at radius 2 is 2.03 bits per heavy atom. The molecule has 1 aliphatic rings. The highest BCUT2D eigenvalue weighted by atomic mass is 32.2. The van der Waals surface area contributed by atoms with E-state index in [1.165, 1.54) is 18.2 Å². The highest BCUT2D eigenvalue weighted by Crippen LogP contribution is 2.25. The topological polar surface area (TPSA) is 116 Å². The molecule has 29 heavy (non-hydrogen) atoms.